The lowest BCUT2D eigenvalue weighted by molar-refractivity contribution is -0.159. The summed E-state index contributed by atoms with van der Waals surface area (Å²) >= 11 is 0. The highest BCUT2D eigenvalue weighted by Crippen LogP contribution is 2.55. The Balaban J connectivity index is 1.24. The number of ether oxygens (including phenoxy) is 5. The van der Waals surface area contributed by atoms with Crippen molar-refractivity contribution in [1.29, 1.82) is 0 Å². The Morgan fingerprint density at radius 1 is 1.02 bits per heavy atom. The zero-order valence-corrected chi connectivity index (χ0v) is 47.5. The molecule has 22 heteroatoms. The molecule has 0 spiro atoms. The van der Waals surface area contributed by atoms with Gasteiger partial charge in [0.15, 0.2) is 22.7 Å². The zero-order chi connectivity index (χ0) is 59.3. The lowest BCUT2D eigenvalue weighted by Crippen LogP contribution is -2.53. The van der Waals surface area contributed by atoms with Gasteiger partial charge in [-0.3, -0.25) is 24.2 Å². The van der Waals surface area contributed by atoms with Gasteiger partial charge in [0.05, 0.1) is 89.7 Å². The number of benzene rings is 3. The standard InChI is InChI=1S/C59H75FN6O15/c1-27(2)23-66(36-17-19-64(25-36)47-39(60)21-37-46(56(47)78-11)65(35-15-16-35)24-34(26-67)51(37)72)62-22-38-45-53(74)42-41(52(38)73)43-55(31(6)49(42)70)81-59(9,57(43)75)79-20-18-40(77-10)30(5)54(80-33(8)68)32(7)50(71)44(61)48(69)28(3)13-12-14-29(4)58(76)63-45/h12-14,18,20-22,24,27-28,30,32,35-36,40,44,48,50,54,67,69-71,73-74H,15-17,19,23,25-26,61H2,1-11H3,(H,63,76)/b13-12+,20-18+,29-14-,62-22+/t28-,30+,32+,36?,40-,44+,48-,50-,54+,59-/m0/s1. The Morgan fingerprint density at radius 3 is 2.36 bits per heavy atom. The third-order valence-corrected chi connectivity index (χ3v) is 16.1. The van der Waals surface area contributed by atoms with Gasteiger partial charge in [-0.2, -0.15) is 5.10 Å². The molecule has 3 aromatic carbocycles. The van der Waals surface area contributed by atoms with Gasteiger partial charge in [0.25, 0.3) is 11.7 Å². The molecular formula is C59H75FN6O15. The molecule has 4 aromatic rings. The molecule has 81 heavy (non-hydrogen) atoms. The first-order valence-electron chi connectivity index (χ1n) is 27.2. The molecule has 438 valence electrons. The maximum absolute atomic E-state index is 16.5. The number of aliphatic hydroxyl groups excluding tert-OH is 3. The van der Waals surface area contributed by atoms with Crippen LogP contribution in [-0.4, -0.2) is 140 Å². The van der Waals surface area contributed by atoms with Crippen LogP contribution >= 0.6 is 0 Å². The number of rotatable bonds is 11. The molecule has 5 heterocycles. The van der Waals surface area contributed by atoms with Crippen molar-refractivity contribution in [2.24, 2.45) is 34.5 Å². The second kappa shape index (κ2) is 23.7. The van der Waals surface area contributed by atoms with Crippen LogP contribution in [0.4, 0.5) is 15.8 Å². The number of carbonyl (C=O) groups is 3. The molecule has 5 aliphatic rings. The number of hydrazone groups is 1. The number of amides is 1. The number of carbonyl (C=O) groups excluding carboxylic acids is 3. The summed E-state index contributed by atoms with van der Waals surface area (Å²) in [6, 6.07) is -0.443. The number of anilines is 2. The average molecular weight is 1130 g/mol. The number of fused-ring (bicyclic) bond motifs is 15. The molecule has 1 aliphatic carbocycles. The van der Waals surface area contributed by atoms with E-state index in [9.17, 15) is 49.8 Å². The average Bonchev–Trinajstić information content (AvgIpc) is 2.47. The Hall–Kier alpha value is -7.24. The zero-order valence-electron chi connectivity index (χ0n) is 47.5. The lowest BCUT2D eigenvalue weighted by Gasteiger charge is -2.37. The van der Waals surface area contributed by atoms with Crippen molar-refractivity contribution in [3.8, 4) is 28.7 Å². The van der Waals surface area contributed by atoms with Gasteiger partial charge >= 0.3 is 11.8 Å². The van der Waals surface area contributed by atoms with Crippen molar-refractivity contribution in [3.63, 3.8) is 0 Å². The highest BCUT2D eigenvalue weighted by atomic mass is 19.1. The number of halogens is 1. The van der Waals surface area contributed by atoms with E-state index in [2.05, 4.69) is 5.32 Å². The third kappa shape index (κ3) is 11.3. The molecule has 1 saturated carbocycles. The molecule has 1 saturated heterocycles. The van der Waals surface area contributed by atoms with Crippen molar-refractivity contribution >= 4 is 56.9 Å². The summed E-state index contributed by atoms with van der Waals surface area (Å²) in [6.45, 7) is 14.7. The minimum absolute atomic E-state index is 0.0175. The largest absolute Gasteiger partial charge is 0.507 e. The Labute approximate surface area is 468 Å². The van der Waals surface area contributed by atoms with Crippen molar-refractivity contribution in [3.05, 3.63) is 86.7 Å². The number of phenolic OH excluding ortho intramolecular Hbond substituents is 3. The summed E-state index contributed by atoms with van der Waals surface area (Å²) < 4.78 is 48.2. The van der Waals surface area contributed by atoms with E-state index in [1.807, 2.05) is 23.3 Å². The molecule has 10 atom stereocenters. The number of ketones is 1. The first-order chi connectivity index (χ1) is 38.3. The van der Waals surface area contributed by atoms with Gasteiger partial charge in [-0.1, -0.05) is 52.8 Å². The molecule has 9 N–H and O–H groups in total. The first-order valence-corrected chi connectivity index (χ1v) is 27.2. The molecule has 2 fully saturated rings. The number of Topliss-reactive ketones (excluding diaryl/α,β-unsaturated/α-hetero) is 1. The Morgan fingerprint density at radius 2 is 1.73 bits per heavy atom. The number of nitrogens with two attached hydrogens (primary N) is 1. The molecule has 9 rings (SSSR count). The smallest absolute Gasteiger partial charge is 0.312 e. The monoisotopic (exact) mass is 1130 g/mol. The summed E-state index contributed by atoms with van der Waals surface area (Å²) in [5.41, 5.74) is 5.81. The quantitative estimate of drug-likeness (QED) is 0.0268. The molecule has 1 aromatic heterocycles. The number of hydrogen-bond donors (Lipinski definition) is 8. The Kier molecular flexibility index (Phi) is 17.5. The van der Waals surface area contributed by atoms with E-state index in [1.54, 1.807) is 38.1 Å². The van der Waals surface area contributed by atoms with Crippen molar-refractivity contribution in [2.75, 3.05) is 44.1 Å². The second-order valence-corrected chi connectivity index (χ2v) is 22.4. The van der Waals surface area contributed by atoms with Crippen LogP contribution in [0, 0.1) is 36.4 Å². The van der Waals surface area contributed by atoms with Crippen LogP contribution in [0.25, 0.3) is 21.7 Å². The van der Waals surface area contributed by atoms with Crippen molar-refractivity contribution in [1.82, 2.24) is 9.58 Å². The molecule has 1 unspecified atom stereocenters. The van der Waals surface area contributed by atoms with E-state index in [1.165, 1.54) is 72.4 Å². The maximum Gasteiger partial charge on any atom is 0.312 e. The lowest BCUT2D eigenvalue weighted by atomic mass is 9.81. The number of aromatic hydroxyl groups is 3. The van der Waals surface area contributed by atoms with E-state index < -0.39 is 118 Å². The van der Waals surface area contributed by atoms with Crippen LogP contribution in [0.15, 0.2) is 58.3 Å². The fraction of sp³-hybridized carbons (Fsp3) is 0.508. The Bertz CT molecular complexity index is 3320. The number of aliphatic hydroxyl groups is 3. The van der Waals surface area contributed by atoms with Crippen molar-refractivity contribution < 1.29 is 73.1 Å². The van der Waals surface area contributed by atoms with E-state index >= 15 is 4.39 Å². The second-order valence-electron chi connectivity index (χ2n) is 22.4. The third-order valence-electron chi connectivity index (χ3n) is 16.1. The van der Waals surface area contributed by atoms with Gasteiger partial charge in [-0.15, -0.1) is 0 Å². The predicted octanol–water partition coefficient (Wildman–Crippen LogP) is 6.31. The van der Waals surface area contributed by atoms with Gasteiger partial charge in [0, 0.05) is 92.7 Å². The van der Waals surface area contributed by atoms with E-state index in [-0.39, 0.29) is 80.0 Å². The summed E-state index contributed by atoms with van der Waals surface area (Å²) in [7, 11) is 2.81. The number of hydrogen-bond acceptors (Lipinski definition) is 19. The minimum atomic E-state index is -2.16. The molecule has 1 amide bonds. The normalized spacial score (nSPS) is 28.1. The van der Waals surface area contributed by atoms with Gasteiger partial charge in [0.2, 0.25) is 0 Å². The van der Waals surface area contributed by atoms with Crippen LogP contribution in [0.5, 0.6) is 28.7 Å². The summed E-state index contributed by atoms with van der Waals surface area (Å²) in [5, 5.41) is 78.6. The van der Waals surface area contributed by atoms with Gasteiger partial charge in [-0.25, -0.2) is 4.39 Å². The number of nitrogens with one attached hydrogen (secondary N) is 1. The topological polar surface area (TPSA) is 298 Å². The molecule has 0 radical (unpaired) electrons. The first kappa shape index (κ1) is 59.9. The van der Waals surface area contributed by atoms with Crippen LogP contribution in [0.1, 0.15) is 108 Å². The molecule has 5 bridgehead atoms. The number of phenols is 3. The molecular weight excluding hydrogens is 1050 g/mol. The van der Waals surface area contributed by atoms with E-state index in [0.717, 1.165) is 19.1 Å². The molecule has 4 aliphatic heterocycles. The van der Waals surface area contributed by atoms with E-state index in [4.69, 9.17) is 34.5 Å². The van der Waals surface area contributed by atoms with E-state index in [0.29, 0.717) is 25.0 Å². The van der Waals surface area contributed by atoms with Crippen LogP contribution in [-0.2, 0) is 30.4 Å². The fourth-order valence-corrected chi connectivity index (χ4v) is 11.3. The van der Waals surface area contributed by atoms with Crippen molar-refractivity contribution in [2.45, 2.75) is 137 Å². The number of methoxy groups -OCH3 is 2. The predicted molar refractivity (Wildman–Crippen MR) is 301 cm³/mol. The SMILES string of the molecule is COc1c(N2CCC(N(CC(C)C)/N=C/c3c4c(O)c5c(O)c(C)c6c(c5c3O)C(=O)[C@@](C)(O/C=C/[C@H](OC)[C@@H](C)[C@@H](OC(C)=O)[C@H](C)[C@H](O)[C@H](N)[C@@H](O)[C@@H](C)/C=C/C=C(/C)C(=O)N4)O6)C2)c(F)cc2c(=O)c(CO)cn(C3CC3)c12. The van der Waals surface area contributed by atoms with Gasteiger partial charge in [0.1, 0.15) is 29.0 Å². The summed E-state index contributed by atoms with van der Waals surface area (Å²) in [6.07, 6.45) is 7.36. The minimum Gasteiger partial charge on any atom is -0.507 e. The number of allylic oxidation sites excluding steroid dienone is 2. The number of pyridine rings is 1. The van der Waals surface area contributed by atoms with Gasteiger partial charge in [-0.05, 0) is 51.2 Å². The number of aromatic nitrogens is 1. The highest BCUT2D eigenvalue weighted by Gasteiger charge is 2.50. The summed E-state index contributed by atoms with van der Waals surface area (Å²) in [4.78, 5) is 56.9. The maximum atomic E-state index is 16.5. The molecule has 21 nitrogen and oxygen atoms in total. The number of nitrogens with zero attached hydrogens (tertiary/aromatic N) is 4. The van der Waals surface area contributed by atoms with Crippen LogP contribution < -0.4 is 30.9 Å². The highest BCUT2D eigenvalue weighted by molar-refractivity contribution is 6.24. The van der Waals surface area contributed by atoms with Gasteiger partial charge < -0.3 is 74.8 Å². The van der Waals surface area contributed by atoms with Crippen LogP contribution in [0.2, 0.25) is 0 Å². The number of esters is 1. The van der Waals surface area contributed by atoms with Crippen LogP contribution in [0.3, 0.4) is 0 Å². The summed E-state index contributed by atoms with van der Waals surface area (Å²) in [5.74, 6) is -9.44. The fourth-order valence-electron chi connectivity index (χ4n) is 11.3.